The molecule has 1 aliphatic carbocycles. The van der Waals surface area contributed by atoms with Gasteiger partial charge in [-0.3, -0.25) is 4.79 Å². The molecule has 1 amide bonds. The maximum Gasteiger partial charge on any atom is 0.471 e. The Morgan fingerprint density at radius 2 is 1.87 bits per heavy atom. The van der Waals surface area contributed by atoms with Crippen molar-refractivity contribution in [3.05, 3.63) is 0 Å². The van der Waals surface area contributed by atoms with E-state index in [2.05, 4.69) is 0 Å². The van der Waals surface area contributed by atoms with E-state index < -0.39 is 12.1 Å². The van der Waals surface area contributed by atoms with E-state index in [-0.39, 0.29) is 6.54 Å². The smallest absolute Gasteiger partial charge is 0.348 e. The van der Waals surface area contributed by atoms with Gasteiger partial charge in [-0.1, -0.05) is 25.7 Å². The van der Waals surface area contributed by atoms with Crippen molar-refractivity contribution >= 4 is 5.91 Å². The SMILES string of the molecule is O=C(NCCCC1CCCC1)C(F)(F)F. The number of halogens is 3. The third-order valence-electron chi connectivity index (χ3n) is 2.81. The lowest BCUT2D eigenvalue weighted by Gasteiger charge is -2.10. The lowest BCUT2D eigenvalue weighted by molar-refractivity contribution is -0.173. The fourth-order valence-corrected chi connectivity index (χ4v) is 1.99. The van der Waals surface area contributed by atoms with Gasteiger partial charge in [-0.05, 0) is 18.8 Å². The van der Waals surface area contributed by atoms with Crippen molar-refractivity contribution in [2.75, 3.05) is 6.54 Å². The summed E-state index contributed by atoms with van der Waals surface area (Å²) in [6, 6.07) is 0. The third-order valence-corrected chi connectivity index (χ3v) is 2.81. The van der Waals surface area contributed by atoms with E-state index in [4.69, 9.17) is 0 Å². The van der Waals surface area contributed by atoms with E-state index in [0.29, 0.717) is 12.3 Å². The van der Waals surface area contributed by atoms with Crippen LogP contribution in [0.3, 0.4) is 0 Å². The second-order valence-electron chi connectivity index (χ2n) is 4.05. The Kier molecular flexibility index (Phi) is 4.42. The summed E-state index contributed by atoms with van der Waals surface area (Å²) in [7, 11) is 0. The zero-order valence-corrected chi connectivity index (χ0v) is 8.57. The van der Waals surface area contributed by atoms with Crippen LogP contribution in [0.5, 0.6) is 0 Å². The molecule has 0 atom stereocenters. The van der Waals surface area contributed by atoms with Crippen LogP contribution in [-0.2, 0) is 4.79 Å². The van der Waals surface area contributed by atoms with Crippen molar-refractivity contribution in [3.63, 3.8) is 0 Å². The second-order valence-corrected chi connectivity index (χ2v) is 4.05. The molecule has 0 spiro atoms. The predicted molar refractivity (Wildman–Crippen MR) is 50.3 cm³/mol. The van der Waals surface area contributed by atoms with Crippen molar-refractivity contribution in [1.82, 2.24) is 5.32 Å². The highest BCUT2D eigenvalue weighted by Crippen LogP contribution is 2.28. The Labute approximate surface area is 87.2 Å². The van der Waals surface area contributed by atoms with E-state index in [1.165, 1.54) is 25.7 Å². The lowest BCUT2D eigenvalue weighted by atomic mass is 10.0. The first-order chi connectivity index (χ1) is 7.00. The fraction of sp³-hybridized carbons (Fsp3) is 0.900. The fourth-order valence-electron chi connectivity index (χ4n) is 1.99. The number of hydrogen-bond acceptors (Lipinski definition) is 1. The number of alkyl halides is 3. The number of carbonyl (C=O) groups excluding carboxylic acids is 1. The van der Waals surface area contributed by atoms with E-state index >= 15 is 0 Å². The number of amides is 1. The molecule has 1 fully saturated rings. The minimum absolute atomic E-state index is 0.134. The molecule has 0 heterocycles. The molecule has 1 saturated carbocycles. The van der Waals surface area contributed by atoms with Crippen LogP contribution in [-0.4, -0.2) is 18.6 Å². The summed E-state index contributed by atoms with van der Waals surface area (Å²) >= 11 is 0. The molecule has 0 saturated heterocycles. The summed E-state index contributed by atoms with van der Waals surface area (Å²) < 4.78 is 35.3. The molecule has 0 aromatic rings. The van der Waals surface area contributed by atoms with Crippen LogP contribution in [0.25, 0.3) is 0 Å². The molecule has 15 heavy (non-hydrogen) atoms. The monoisotopic (exact) mass is 223 g/mol. The highest BCUT2D eigenvalue weighted by molar-refractivity contribution is 5.81. The van der Waals surface area contributed by atoms with Gasteiger partial charge in [-0.25, -0.2) is 0 Å². The topological polar surface area (TPSA) is 29.1 Å². The third kappa shape index (κ3) is 4.53. The minimum atomic E-state index is -4.74. The zero-order chi connectivity index (χ0) is 11.3. The summed E-state index contributed by atoms with van der Waals surface area (Å²) in [5, 5.41) is 1.88. The molecule has 1 aliphatic rings. The number of nitrogens with one attached hydrogen (secondary N) is 1. The Morgan fingerprint density at radius 3 is 2.40 bits per heavy atom. The highest BCUT2D eigenvalue weighted by Gasteiger charge is 2.38. The predicted octanol–water partition coefficient (Wildman–Crippen LogP) is 2.64. The Hall–Kier alpha value is -0.740. The van der Waals surface area contributed by atoms with Gasteiger partial charge in [0.05, 0.1) is 0 Å². The second kappa shape index (κ2) is 5.37. The van der Waals surface area contributed by atoms with Crippen LogP contribution in [0.4, 0.5) is 13.2 Å². The quantitative estimate of drug-likeness (QED) is 0.729. The average molecular weight is 223 g/mol. The molecule has 0 radical (unpaired) electrons. The Bertz CT molecular complexity index is 209. The number of hydrogen-bond donors (Lipinski definition) is 1. The molecule has 0 bridgehead atoms. The van der Waals surface area contributed by atoms with Gasteiger partial charge in [-0.15, -0.1) is 0 Å². The summed E-state index contributed by atoms with van der Waals surface area (Å²) in [4.78, 5) is 10.4. The van der Waals surface area contributed by atoms with Gasteiger partial charge >= 0.3 is 12.1 Å². The molecule has 0 aliphatic heterocycles. The van der Waals surface area contributed by atoms with Crippen molar-refractivity contribution in [2.24, 2.45) is 5.92 Å². The standard InChI is InChI=1S/C10H16F3NO/c11-10(12,13)9(15)14-7-3-6-8-4-1-2-5-8/h8H,1-7H2,(H,14,15). The summed E-state index contributed by atoms with van der Waals surface area (Å²) in [6.07, 6.45) is 1.68. The minimum Gasteiger partial charge on any atom is -0.348 e. The van der Waals surface area contributed by atoms with Crippen LogP contribution in [0, 0.1) is 5.92 Å². The largest absolute Gasteiger partial charge is 0.471 e. The van der Waals surface area contributed by atoms with Crippen LogP contribution in [0.1, 0.15) is 38.5 Å². The van der Waals surface area contributed by atoms with Gasteiger partial charge in [0.25, 0.3) is 0 Å². The first-order valence-electron chi connectivity index (χ1n) is 5.35. The van der Waals surface area contributed by atoms with Gasteiger partial charge in [0, 0.05) is 6.54 Å². The van der Waals surface area contributed by atoms with Crippen LogP contribution < -0.4 is 5.32 Å². The molecule has 5 heteroatoms. The lowest BCUT2D eigenvalue weighted by Crippen LogP contribution is -2.37. The van der Waals surface area contributed by atoms with Crippen LogP contribution in [0.15, 0.2) is 0 Å². The summed E-state index contributed by atoms with van der Waals surface area (Å²) in [5.41, 5.74) is 0. The molecular weight excluding hydrogens is 207 g/mol. The van der Waals surface area contributed by atoms with Crippen LogP contribution in [0.2, 0.25) is 0 Å². The summed E-state index contributed by atoms with van der Waals surface area (Å²) in [6.45, 7) is 0.134. The van der Waals surface area contributed by atoms with Crippen LogP contribution >= 0.6 is 0 Å². The number of rotatable bonds is 4. The molecular formula is C10H16F3NO. The molecule has 1 rings (SSSR count). The Morgan fingerprint density at radius 1 is 1.27 bits per heavy atom. The van der Waals surface area contributed by atoms with Crippen molar-refractivity contribution in [2.45, 2.75) is 44.7 Å². The molecule has 0 aromatic heterocycles. The van der Waals surface area contributed by atoms with Crippen molar-refractivity contribution in [1.29, 1.82) is 0 Å². The van der Waals surface area contributed by atoms with Gasteiger partial charge in [-0.2, -0.15) is 13.2 Å². The van der Waals surface area contributed by atoms with Crippen molar-refractivity contribution in [3.8, 4) is 0 Å². The Balaban J connectivity index is 2.03. The summed E-state index contributed by atoms with van der Waals surface area (Å²) in [5.74, 6) is -1.17. The van der Waals surface area contributed by atoms with Gasteiger partial charge in [0.2, 0.25) is 0 Å². The normalized spacial score (nSPS) is 18.1. The van der Waals surface area contributed by atoms with E-state index in [1.54, 1.807) is 0 Å². The average Bonchev–Trinajstić information content (AvgIpc) is 2.63. The first-order valence-corrected chi connectivity index (χ1v) is 5.35. The van der Waals surface area contributed by atoms with Crippen molar-refractivity contribution < 1.29 is 18.0 Å². The molecule has 1 N–H and O–H groups in total. The molecule has 0 aromatic carbocycles. The molecule has 88 valence electrons. The van der Waals surface area contributed by atoms with Gasteiger partial charge in [0.1, 0.15) is 0 Å². The van der Waals surface area contributed by atoms with E-state index in [0.717, 1.165) is 6.42 Å². The zero-order valence-electron chi connectivity index (χ0n) is 8.57. The van der Waals surface area contributed by atoms with Gasteiger partial charge < -0.3 is 5.32 Å². The molecule has 2 nitrogen and oxygen atoms in total. The van der Waals surface area contributed by atoms with Gasteiger partial charge in [0.15, 0.2) is 0 Å². The highest BCUT2D eigenvalue weighted by atomic mass is 19.4. The molecule has 0 unspecified atom stereocenters. The first kappa shape index (κ1) is 12.3. The van der Waals surface area contributed by atoms with E-state index in [1.807, 2.05) is 5.32 Å². The maximum absolute atomic E-state index is 11.8. The number of carbonyl (C=O) groups is 1. The van der Waals surface area contributed by atoms with E-state index in [9.17, 15) is 18.0 Å². The maximum atomic E-state index is 11.8.